The lowest BCUT2D eigenvalue weighted by Gasteiger charge is -2.14. The molecule has 4 heteroatoms. The number of nitrogens with zero attached hydrogens (tertiary/aromatic N) is 1. The quantitative estimate of drug-likeness (QED) is 0.889. The van der Waals surface area contributed by atoms with Crippen molar-refractivity contribution in [2.45, 2.75) is 45.1 Å². The van der Waals surface area contributed by atoms with Gasteiger partial charge >= 0.3 is 0 Å². The van der Waals surface area contributed by atoms with Crippen molar-refractivity contribution in [3.05, 3.63) is 50.4 Å². The molecule has 20 heavy (non-hydrogen) atoms. The zero-order chi connectivity index (χ0) is 14.8. The Balaban J connectivity index is 2.00. The number of hydrogen-bond donors (Lipinski definition) is 1. The first-order chi connectivity index (χ1) is 9.36. The standard InChI is InChI=1S/C16H21BrN2S/c1-16(2,3)14-10-20-15(19-14)9-12(18)8-11-6-4-5-7-13(11)17/h4-7,10,12H,8-9,18H2,1-3H3. The smallest absolute Gasteiger partial charge is 0.0944 e. The summed E-state index contributed by atoms with van der Waals surface area (Å²) in [6, 6.07) is 8.35. The Bertz CT molecular complexity index is 572. The lowest BCUT2D eigenvalue weighted by molar-refractivity contribution is 0.567. The Kier molecular flexibility index (Phi) is 4.99. The van der Waals surface area contributed by atoms with Crippen molar-refractivity contribution in [2.24, 2.45) is 5.73 Å². The van der Waals surface area contributed by atoms with Crippen LogP contribution in [0.5, 0.6) is 0 Å². The van der Waals surface area contributed by atoms with Gasteiger partial charge in [-0.2, -0.15) is 0 Å². The first-order valence-corrected chi connectivity index (χ1v) is 8.47. The molecule has 0 amide bonds. The summed E-state index contributed by atoms with van der Waals surface area (Å²) in [6.45, 7) is 6.56. The molecule has 2 rings (SSSR count). The largest absolute Gasteiger partial charge is 0.327 e. The molecule has 1 atom stereocenters. The highest BCUT2D eigenvalue weighted by molar-refractivity contribution is 9.10. The van der Waals surface area contributed by atoms with Crippen molar-refractivity contribution in [1.82, 2.24) is 4.98 Å². The second kappa shape index (κ2) is 6.37. The molecule has 0 saturated heterocycles. The van der Waals surface area contributed by atoms with E-state index in [1.165, 1.54) is 5.56 Å². The Morgan fingerprint density at radius 1 is 1.25 bits per heavy atom. The van der Waals surface area contributed by atoms with Crippen LogP contribution in [0.2, 0.25) is 0 Å². The van der Waals surface area contributed by atoms with Gasteiger partial charge in [-0.15, -0.1) is 11.3 Å². The molecule has 0 radical (unpaired) electrons. The van der Waals surface area contributed by atoms with Gasteiger partial charge in [-0.05, 0) is 18.1 Å². The van der Waals surface area contributed by atoms with Crippen LogP contribution in [0.3, 0.4) is 0 Å². The van der Waals surface area contributed by atoms with E-state index in [9.17, 15) is 0 Å². The van der Waals surface area contributed by atoms with E-state index in [0.29, 0.717) is 0 Å². The zero-order valence-corrected chi connectivity index (χ0v) is 14.6. The first kappa shape index (κ1) is 15.7. The highest BCUT2D eigenvalue weighted by Gasteiger charge is 2.18. The lowest BCUT2D eigenvalue weighted by atomic mass is 9.93. The van der Waals surface area contributed by atoms with Gasteiger partial charge in [0.2, 0.25) is 0 Å². The average molecular weight is 353 g/mol. The molecule has 2 nitrogen and oxygen atoms in total. The van der Waals surface area contributed by atoms with E-state index >= 15 is 0 Å². The molecule has 108 valence electrons. The fourth-order valence-electron chi connectivity index (χ4n) is 1.99. The van der Waals surface area contributed by atoms with Crippen LogP contribution in [0.25, 0.3) is 0 Å². The van der Waals surface area contributed by atoms with E-state index in [1.807, 2.05) is 12.1 Å². The molecule has 1 aromatic heterocycles. The van der Waals surface area contributed by atoms with Crippen molar-refractivity contribution >= 4 is 27.3 Å². The molecule has 0 aliphatic heterocycles. The van der Waals surface area contributed by atoms with E-state index in [-0.39, 0.29) is 11.5 Å². The molecular formula is C16H21BrN2S. The summed E-state index contributed by atoms with van der Waals surface area (Å²) in [6.07, 6.45) is 1.70. The van der Waals surface area contributed by atoms with Crippen LogP contribution in [0.1, 0.15) is 37.0 Å². The zero-order valence-electron chi connectivity index (χ0n) is 12.2. The summed E-state index contributed by atoms with van der Waals surface area (Å²) in [5, 5.41) is 3.29. The number of rotatable bonds is 4. The van der Waals surface area contributed by atoms with Crippen LogP contribution >= 0.6 is 27.3 Å². The minimum Gasteiger partial charge on any atom is -0.327 e. The van der Waals surface area contributed by atoms with Gasteiger partial charge in [0.05, 0.1) is 10.7 Å². The Labute approximate surface area is 133 Å². The second-order valence-electron chi connectivity index (χ2n) is 6.14. The molecule has 2 N–H and O–H groups in total. The number of aromatic nitrogens is 1. The number of thiazole rings is 1. The number of nitrogens with two attached hydrogens (primary N) is 1. The first-order valence-electron chi connectivity index (χ1n) is 6.80. The minimum atomic E-state index is 0.104. The highest BCUT2D eigenvalue weighted by Crippen LogP contribution is 2.25. The van der Waals surface area contributed by atoms with Crippen LogP contribution in [0, 0.1) is 0 Å². The third kappa shape index (κ3) is 4.14. The highest BCUT2D eigenvalue weighted by atomic mass is 79.9. The molecule has 0 aliphatic rings. The number of halogens is 1. The van der Waals surface area contributed by atoms with Gasteiger partial charge in [-0.25, -0.2) is 4.98 Å². The predicted octanol–water partition coefficient (Wildman–Crippen LogP) is 4.32. The molecule has 0 fully saturated rings. The van der Waals surface area contributed by atoms with Crippen LogP contribution in [0.15, 0.2) is 34.1 Å². The molecule has 0 saturated carbocycles. The summed E-state index contributed by atoms with van der Waals surface area (Å²) in [5.74, 6) is 0. The maximum Gasteiger partial charge on any atom is 0.0944 e. The monoisotopic (exact) mass is 352 g/mol. The van der Waals surface area contributed by atoms with Gasteiger partial charge in [0.1, 0.15) is 0 Å². The van der Waals surface area contributed by atoms with E-state index in [2.05, 4.69) is 54.2 Å². The number of benzene rings is 1. The fourth-order valence-corrected chi connectivity index (χ4v) is 3.55. The maximum absolute atomic E-state index is 6.27. The van der Waals surface area contributed by atoms with E-state index < -0.39 is 0 Å². The topological polar surface area (TPSA) is 38.9 Å². The average Bonchev–Trinajstić information content (AvgIpc) is 2.80. The predicted molar refractivity (Wildman–Crippen MR) is 90.3 cm³/mol. The molecule has 0 bridgehead atoms. The summed E-state index contributed by atoms with van der Waals surface area (Å²) in [7, 11) is 0. The third-order valence-corrected chi connectivity index (χ3v) is 4.84. The molecule has 0 spiro atoms. The summed E-state index contributed by atoms with van der Waals surface area (Å²) < 4.78 is 1.13. The van der Waals surface area contributed by atoms with Crippen molar-refractivity contribution in [3.8, 4) is 0 Å². The van der Waals surface area contributed by atoms with E-state index in [4.69, 9.17) is 10.7 Å². The van der Waals surface area contributed by atoms with Crippen molar-refractivity contribution < 1.29 is 0 Å². The van der Waals surface area contributed by atoms with Gasteiger partial charge in [0, 0.05) is 27.7 Å². The molecule has 1 heterocycles. The molecule has 0 aliphatic carbocycles. The van der Waals surface area contributed by atoms with Crippen LogP contribution in [0.4, 0.5) is 0 Å². The Morgan fingerprint density at radius 3 is 2.55 bits per heavy atom. The summed E-state index contributed by atoms with van der Waals surface area (Å²) in [5.41, 5.74) is 8.80. The third-order valence-electron chi connectivity index (χ3n) is 3.20. The summed E-state index contributed by atoms with van der Waals surface area (Å²) in [4.78, 5) is 4.71. The van der Waals surface area contributed by atoms with Gasteiger partial charge in [-0.1, -0.05) is 54.9 Å². The molecular weight excluding hydrogens is 332 g/mol. The normalized spacial score (nSPS) is 13.4. The fraction of sp³-hybridized carbons (Fsp3) is 0.438. The van der Waals surface area contributed by atoms with Gasteiger partial charge in [-0.3, -0.25) is 0 Å². The van der Waals surface area contributed by atoms with Gasteiger partial charge in [0.25, 0.3) is 0 Å². The van der Waals surface area contributed by atoms with Crippen molar-refractivity contribution in [2.75, 3.05) is 0 Å². The minimum absolute atomic E-state index is 0.104. The van der Waals surface area contributed by atoms with E-state index in [1.54, 1.807) is 11.3 Å². The Hall–Kier alpha value is -0.710. The van der Waals surface area contributed by atoms with Crippen LogP contribution < -0.4 is 5.73 Å². The van der Waals surface area contributed by atoms with Crippen molar-refractivity contribution in [3.63, 3.8) is 0 Å². The lowest BCUT2D eigenvalue weighted by Crippen LogP contribution is -2.25. The van der Waals surface area contributed by atoms with Crippen LogP contribution in [-0.4, -0.2) is 11.0 Å². The van der Waals surface area contributed by atoms with Crippen LogP contribution in [-0.2, 0) is 18.3 Å². The molecule has 1 unspecified atom stereocenters. The SMILES string of the molecule is CC(C)(C)c1csc(CC(N)Cc2ccccc2Br)n1. The van der Waals surface area contributed by atoms with Gasteiger partial charge < -0.3 is 5.73 Å². The van der Waals surface area contributed by atoms with Gasteiger partial charge in [0.15, 0.2) is 0 Å². The van der Waals surface area contributed by atoms with Crippen molar-refractivity contribution in [1.29, 1.82) is 0 Å². The maximum atomic E-state index is 6.27. The Morgan fingerprint density at radius 2 is 1.95 bits per heavy atom. The summed E-state index contributed by atoms with van der Waals surface area (Å²) >= 11 is 5.29. The number of hydrogen-bond acceptors (Lipinski definition) is 3. The molecule has 1 aromatic carbocycles. The second-order valence-corrected chi connectivity index (χ2v) is 7.93. The van der Waals surface area contributed by atoms with E-state index in [0.717, 1.165) is 28.0 Å². The molecule has 2 aromatic rings.